The molecule has 1 unspecified atom stereocenters. The van der Waals surface area contributed by atoms with Crippen LogP contribution < -0.4 is 5.32 Å². The quantitative estimate of drug-likeness (QED) is 0.902. The van der Waals surface area contributed by atoms with Gasteiger partial charge in [0.25, 0.3) is 0 Å². The Labute approximate surface area is 111 Å². The predicted octanol–water partition coefficient (Wildman–Crippen LogP) is 1.66. The van der Waals surface area contributed by atoms with E-state index in [1.54, 1.807) is 6.08 Å². The molecule has 19 heavy (non-hydrogen) atoms. The van der Waals surface area contributed by atoms with E-state index >= 15 is 0 Å². The normalized spacial score (nSPS) is 20.8. The van der Waals surface area contributed by atoms with Crippen LogP contribution in [0.1, 0.15) is 5.69 Å². The molecule has 2 aromatic rings. The molecular formula is C13H13N3O2S. The maximum Gasteiger partial charge on any atom is 0.173 e. The Bertz CT molecular complexity index is 769. The van der Waals surface area contributed by atoms with Crippen molar-refractivity contribution in [1.29, 1.82) is 0 Å². The summed E-state index contributed by atoms with van der Waals surface area (Å²) in [6.45, 7) is 1.86. The molecule has 0 aliphatic carbocycles. The van der Waals surface area contributed by atoms with Gasteiger partial charge in [-0.25, -0.2) is 18.4 Å². The molecule has 0 saturated heterocycles. The molecule has 3 rings (SSSR count). The number of benzene rings is 1. The molecule has 0 saturated carbocycles. The number of anilines is 1. The number of aromatic nitrogens is 2. The van der Waals surface area contributed by atoms with E-state index in [1.165, 1.54) is 5.41 Å². The van der Waals surface area contributed by atoms with Gasteiger partial charge in [-0.1, -0.05) is 12.1 Å². The number of nitrogens with zero attached hydrogens (tertiary/aromatic N) is 2. The topological polar surface area (TPSA) is 72.0 Å². The largest absolute Gasteiger partial charge is 0.361 e. The lowest BCUT2D eigenvalue weighted by atomic mass is 10.2. The van der Waals surface area contributed by atoms with E-state index in [2.05, 4.69) is 15.3 Å². The lowest BCUT2D eigenvalue weighted by Gasteiger charge is -2.13. The highest BCUT2D eigenvalue weighted by atomic mass is 32.2. The first-order valence-corrected chi connectivity index (χ1v) is 7.66. The van der Waals surface area contributed by atoms with Crippen LogP contribution in [0.2, 0.25) is 0 Å². The highest BCUT2D eigenvalue weighted by molar-refractivity contribution is 7.94. The summed E-state index contributed by atoms with van der Waals surface area (Å²) < 4.78 is 22.7. The number of fused-ring (bicyclic) bond motifs is 1. The Morgan fingerprint density at radius 3 is 2.53 bits per heavy atom. The molecule has 0 radical (unpaired) electrons. The minimum absolute atomic E-state index is 0.0704. The number of para-hydroxylation sites is 2. The second-order valence-electron chi connectivity index (χ2n) is 4.56. The molecule has 1 aliphatic rings. The summed E-state index contributed by atoms with van der Waals surface area (Å²) in [6, 6.07) is 7.36. The maximum absolute atomic E-state index is 11.4. The van der Waals surface area contributed by atoms with Crippen LogP contribution in [0.5, 0.6) is 0 Å². The lowest BCUT2D eigenvalue weighted by molar-refractivity contribution is 0.605. The van der Waals surface area contributed by atoms with Gasteiger partial charge in [-0.05, 0) is 25.1 Å². The molecule has 0 amide bonds. The van der Waals surface area contributed by atoms with Gasteiger partial charge in [-0.2, -0.15) is 0 Å². The van der Waals surface area contributed by atoms with Gasteiger partial charge in [0.1, 0.15) is 5.82 Å². The molecule has 0 spiro atoms. The van der Waals surface area contributed by atoms with Gasteiger partial charge in [0.15, 0.2) is 9.84 Å². The SMILES string of the molecule is Cc1nc2ccccc2nc1NC1C=CS(=O)(=O)C1. The molecule has 0 bridgehead atoms. The van der Waals surface area contributed by atoms with E-state index in [9.17, 15) is 8.42 Å². The second kappa shape index (κ2) is 4.31. The zero-order valence-electron chi connectivity index (χ0n) is 10.4. The van der Waals surface area contributed by atoms with E-state index in [0.717, 1.165) is 16.7 Å². The van der Waals surface area contributed by atoms with Crippen molar-refractivity contribution < 1.29 is 8.42 Å². The number of nitrogens with one attached hydrogen (secondary N) is 1. The van der Waals surface area contributed by atoms with Crippen molar-refractivity contribution in [2.75, 3.05) is 11.1 Å². The molecule has 1 atom stereocenters. The van der Waals surface area contributed by atoms with Crippen molar-refractivity contribution in [2.24, 2.45) is 0 Å². The average molecular weight is 275 g/mol. The smallest absolute Gasteiger partial charge is 0.173 e. The number of hydrogen-bond acceptors (Lipinski definition) is 5. The van der Waals surface area contributed by atoms with Crippen molar-refractivity contribution in [3.8, 4) is 0 Å². The molecule has 1 N–H and O–H groups in total. The fourth-order valence-electron chi connectivity index (χ4n) is 2.07. The highest BCUT2D eigenvalue weighted by Gasteiger charge is 2.22. The third kappa shape index (κ3) is 2.44. The molecule has 5 nitrogen and oxygen atoms in total. The van der Waals surface area contributed by atoms with Crippen molar-refractivity contribution in [3.63, 3.8) is 0 Å². The van der Waals surface area contributed by atoms with Crippen molar-refractivity contribution in [3.05, 3.63) is 41.4 Å². The Hall–Kier alpha value is -1.95. The van der Waals surface area contributed by atoms with Gasteiger partial charge in [0.2, 0.25) is 0 Å². The van der Waals surface area contributed by atoms with E-state index in [4.69, 9.17) is 0 Å². The molecule has 2 heterocycles. The molecule has 1 aliphatic heterocycles. The van der Waals surface area contributed by atoms with E-state index in [1.807, 2.05) is 31.2 Å². The van der Waals surface area contributed by atoms with Crippen LogP contribution >= 0.6 is 0 Å². The minimum atomic E-state index is -3.06. The number of aryl methyl sites for hydroxylation is 1. The monoisotopic (exact) mass is 275 g/mol. The Morgan fingerprint density at radius 1 is 1.21 bits per heavy atom. The second-order valence-corrected chi connectivity index (χ2v) is 6.49. The van der Waals surface area contributed by atoms with Crippen LogP contribution in [-0.4, -0.2) is 30.2 Å². The van der Waals surface area contributed by atoms with Crippen LogP contribution in [0.3, 0.4) is 0 Å². The average Bonchev–Trinajstić information content (AvgIpc) is 2.70. The van der Waals surface area contributed by atoms with Gasteiger partial charge < -0.3 is 5.32 Å². The van der Waals surface area contributed by atoms with Crippen LogP contribution in [0, 0.1) is 6.92 Å². The van der Waals surface area contributed by atoms with E-state index in [0.29, 0.717) is 5.82 Å². The van der Waals surface area contributed by atoms with Crippen molar-refractivity contribution >= 4 is 26.7 Å². The van der Waals surface area contributed by atoms with Gasteiger partial charge in [-0.15, -0.1) is 0 Å². The Kier molecular flexibility index (Phi) is 2.74. The zero-order chi connectivity index (χ0) is 13.5. The van der Waals surface area contributed by atoms with Crippen molar-refractivity contribution in [2.45, 2.75) is 13.0 Å². The number of hydrogen-bond donors (Lipinski definition) is 1. The molecule has 1 aromatic heterocycles. The summed E-state index contributed by atoms with van der Waals surface area (Å²) in [5.74, 6) is 0.700. The number of sulfone groups is 1. The summed E-state index contributed by atoms with van der Waals surface area (Å²) >= 11 is 0. The van der Waals surface area contributed by atoms with E-state index < -0.39 is 9.84 Å². The zero-order valence-corrected chi connectivity index (χ0v) is 11.2. The number of rotatable bonds is 2. The summed E-state index contributed by atoms with van der Waals surface area (Å²) in [5.41, 5.74) is 2.39. The molecule has 6 heteroatoms. The first kappa shape index (κ1) is 12.1. The highest BCUT2D eigenvalue weighted by Crippen LogP contribution is 2.19. The fourth-order valence-corrected chi connectivity index (χ4v) is 3.30. The lowest BCUT2D eigenvalue weighted by Crippen LogP contribution is -2.22. The van der Waals surface area contributed by atoms with Crippen LogP contribution in [0.4, 0.5) is 5.82 Å². The van der Waals surface area contributed by atoms with Crippen LogP contribution in [0.15, 0.2) is 35.7 Å². The molecule has 98 valence electrons. The fraction of sp³-hybridized carbons (Fsp3) is 0.231. The van der Waals surface area contributed by atoms with Crippen molar-refractivity contribution in [1.82, 2.24) is 9.97 Å². The van der Waals surface area contributed by atoms with E-state index in [-0.39, 0.29) is 11.8 Å². The maximum atomic E-state index is 11.4. The van der Waals surface area contributed by atoms with Gasteiger partial charge in [-0.3, -0.25) is 0 Å². The van der Waals surface area contributed by atoms with Gasteiger partial charge in [0, 0.05) is 5.41 Å². The first-order chi connectivity index (χ1) is 9.03. The summed E-state index contributed by atoms with van der Waals surface area (Å²) in [4.78, 5) is 8.94. The molecule has 1 aromatic carbocycles. The van der Waals surface area contributed by atoms with Crippen LogP contribution in [-0.2, 0) is 9.84 Å². The van der Waals surface area contributed by atoms with Gasteiger partial charge in [0.05, 0.1) is 28.5 Å². The first-order valence-electron chi connectivity index (χ1n) is 5.94. The summed E-state index contributed by atoms with van der Waals surface area (Å²) in [6.07, 6.45) is 1.64. The Balaban J connectivity index is 1.93. The third-order valence-corrected chi connectivity index (χ3v) is 4.39. The summed E-state index contributed by atoms with van der Waals surface area (Å²) in [7, 11) is -3.06. The molecular weight excluding hydrogens is 262 g/mol. The van der Waals surface area contributed by atoms with Gasteiger partial charge >= 0.3 is 0 Å². The third-order valence-electron chi connectivity index (χ3n) is 3.00. The minimum Gasteiger partial charge on any atom is -0.361 e. The Morgan fingerprint density at radius 2 is 1.89 bits per heavy atom. The summed E-state index contributed by atoms with van der Waals surface area (Å²) in [5, 5.41) is 4.36. The van der Waals surface area contributed by atoms with Crippen LogP contribution in [0.25, 0.3) is 11.0 Å². The molecule has 0 fully saturated rings. The predicted molar refractivity (Wildman–Crippen MR) is 74.6 cm³/mol. The standard InChI is InChI=1S/C13H13N3O2S/c1-9-13(15-10-6-7-19(17,18)8-10)16-12-5-3-2-4-11(12)14-9/h2-7,10H,8H2,1H3,(H,15,16).